The summed E-state index contributed by atoms with van der Waals surface area (Å²) in [6, 6.07) is 11.1. The number of pyridine rings is 1. The first kappa shape index (κ1) is 18.5. The van der Waals surface area contributed by atoms with Gasteiger partial charge in [0, 0.05) is 12.2 Å². The smallest absolute Gasteiger partial charge is 0.338 e. The van der Waals surface area contributed by atoms with Crippen molar-refractivity contribution in [3.63, 3.8) is 0 Å². The van der Waals surface area contributed by atoms with E-state index < -0.39 is 16.0 Å². The Labute approximate surface area is 153 Å². The van der Waals surface area contributed by atoms with Crippen molar-refractivity contribution in [2.24, 2.45) is 0 Å². The first-order chi connectivity index (χ1) is 12.4. The number of carbonyl (C=O) groups is 1. The van der Waals surface area contributed by atoms with Gasteiger partial charge in [-0.2, -0.15) is 4.31 Å². The number of rotatable bonds is 7. The van der Waals surface area contributed by atoms with Crippen molar-refractivity contribution in [1.82, 2.24) is 9.29 Å². The van der Waals surface area contributed by atoms with Crippen LogP contribution in [0.15, 0.2) is 53.6 Å². The van der Waals surface area contributed by atoms with E-state index >= 15 is 0 Å². The minimum atomic E-state index is -3.77. The summed E-state index contributed by atoms with van der Waals surface area (Å²) in [4.78, 5) is 16.4. The molecule has 1 aliphatic rings. The molecule has 1 fully saturated rings. The van der Waals surface area contributed by atoms with Crippen molar-refractivity contribution in [3.05, 3.63) is 59.9 Å². The molecule has 0 aliphatic heterocycles. The lowest BCUT2D eigenvalue weighted by Crippen LogP contribution is -2.36. The zero-order valence-corrected chi connectivity index (χ0v) is 15.6. The van der Waals surface area contributed by atoms with Crippen LogP contribution in [-0.2, 0) is 14.8 Å². The van der Waals surface area contributed by atoms with Crippen molar-refractivity contribution >= 4 is 16.0 Å². The molecule has 6 nitrogen and oxygen atoms in total. The van der Waals surface area contributed by atoms with Crippen molar-refractivity contribution in [2.75, 3.05) is 6.61 Å². The summed E-state index contributed by atoms with van der Waals surface area (Å²) < 4.78 is 33.1. The van der Waals surface area contributed by atoms with Crippen LogP contribution in [0.3, 0.4) is 0 Å². The molecule has 0 spiro atoms. The minimum Gasteiger partial charge on any atom is -0.462 e. The molecule has 2 aromatic rings. The summed E-state index contributed by atoms with van der Waals surface area (Å²) in [5.74, 6) is -0.528. The molecule has 1 saturated carbocycles. The monoisotopic (exact) mass is 374 g/mol. The lowest BCUT2D eigenvalue weighted by atomic mass is 10.2. The van der Waals surface area contributed by atoms with Crippen LogP contribution in [0.25, 0.3) is 0 Å². The average Bonchev–Trinajstić information content (AvgIpc) is 3.47. The third-order valence-electron chi connectivity index (χ3n) is 4.32. The van der Waals surface area contributed by atoms with Gasteiger partial charge in [0.2, 0.25) is 10.0 Å². The van der Waals surface area contributed by atoms with Crippen molar-refractivity contribution in [2.45, 2.75) is 43.7 Å². The lowest BCUT2D eigenvalue weighted by molar-refractivity contribution is 0.0526. The largest absolute Gasteiger partial charge is 0.462 e. The second-order valence-corrected chi connectivity index (χ2v) is 8.09. The van der Waals surface area contributed by atoms with Crippen LogP contribution >= 0.6 is 0 Å². The van der Waals surface area contributed by atoms with Crippen LogP contribution in [-0.4, -0.2) is 36.3 Å². The molecule has 0 radical (unpaired) electrons. The lowest BCUT2D eigenvalue weighted by Gasteiger charge is -2.28. The zero-order valence-electron chi connectivity index (χ0n) is 14.8. The highest BCUT2D eigenvalue weighted by molar-refractivity contribution is 7.89. The van der Waals surface area contributed by atoms with Crippen LogP contribution in [0.2, 0.25) is 0 Å². The molecule has 1 aliphatic carbocycles. The van der Waals surface area contributed by atoms with Crippen molar-refractivity contribution in [1.29, 1.82) is 0 Å². The molecular weight excluding hydrogens is 352 g/mol. The quantitative estimate of drug-likeness (QED) is 0.696. The van der Waals surface area contributed by atoms with Gasteiger partial charge < -0.3 is 4.74 Å². The zero-order chi connectivity index (χ0) is 18.7. The Morgan fingerprint density at radius 3 is 2.65 bits per heavy atom. The van der Waals surface area contributed by atoms with Crippen LogP contribution in [0.5, 0.6) is 0 Å². The van der Waals surface area contributed by atoms with E-state index in [-0.39, 0.29) is 29.1 Å². The van der Waals surface area contributed by atoms with Gasteiger partial charge in [-0.15, -0.1) is 0 Å². The van der Waals surface area contributed by atoms with E-state index in [9.17, 15) is 13.2 Å². The molecule has 1 atom stereocenters. The van der Waals surface area contributed by atoms with Gasteiger partial charge in [0.05, 0.1) is 28.8 Å². The fraction of sp³-hybridized carbons (Fsp3) is 0.368. The van der Waals surface area contributed by atoms with Gasteiger partial charge in [0.15, 0.2) is 0 Å². The second-order valence-electron chi connectivity index (χ2n) is 6.25. The average molecular weight is 374 g/mol. The van der Waals surface area contributed by atoms with E-state index in [0.29, 0.717) is 5.69 Å². The Morgan fingerprint density at radius 1 is 1.27 bits per heavy atom. The fourth-order valence-electron chi connectivity index (χ4n) is 2.92. The highest BCUT2D eigenvalue weighted by Crippen LogP contribution is 2.38. The summed E-state index contributed by atoms with van der Waals surface area (Å²) in [6.07, 6.45) is 3.31. The molecule has 138 valence electrons. The standard InChI is InChI=1S/C19H22N2O4S/c1-3-25-19(22)15-7-6-8-17(13-15)26(23,24)21(16-10-11-16)14(2)18-9-4-5-12-20-18/h4-9,12-14,16H,3,10-11H2,1-2H3/t14-/m1/s1. The molecule has 1 heterocycles. The van der Waals surface area contributed by atoms with Crippen LogP contribution in [0, 0.1) is 0 Å². The number of benzene rings is 1. The summed E-state index contributed by atoms with van der Waals surface area (Å²) in [7, 11) is -3.77. The summed E-state index contributed by atoms with van der Waals surface area (Å²) in [5.41, 5.74) is 0.929. The van der Waals surface area contributed by atoms with Crippen LogP contribution < -0.4 is 0 Å². The fourth-order valence-corrected chi connectivity index (χ4v) is 4.82. The van der Waals surface area contributed by atoms with E-state index in [1.54, 1.807) is 31.3 Å². The maximum Gasteiger partial charge on any atom is 0.338 e. The molecule has 0 saturated heterocycles. The Kier molecular flexibility index (Phi) is 5.38. The molecule has 0 bridgehead atoms. The molecule has 3 rings (SSSR count). The normalized spacial score (nSPS) is 15.7. The first-order valence-electron chi connectivity index (χ1n) is 8.66. The third kappa shape index (κ3) is 3.78. The molecule has 7 heteroatoms. The van der Waals surface area contributed by atoms with Gasteiger partial charge >= 0.3 is 5.97 Å². The summed E-state index contributed by atoms with van der Waals surface area (Å²) >= 11 is 0. The highest BCUT2D eigenvalue weighted by Gasteiger charge is 2.42. The Morgan fingerprint density at radius 2 is 2.04 bits per heavy atom. The topological polar surface area (TPSA) is 76.6 Å². The number of hydrogen-bond acceptors (Lipinski definition) is 5. The van der Waals surface area contributed by atoms with Gasteiger partial charge in [-0.25, -0.2) is 13.2 Å². The first-order valence-corrected chi connectivity index (χ1v) is 10.1. The Balaban J connectivity index is 1.97. The molecular formula is C19H22N2O4S. The van der Waals surface area contributed by atoms with E-state index in [4.69, 9.17) is 4.74 Å². The number of carbonyl (C=O) groups excluding carboxylic acids is 1. The van der Waals surface area contributed by atoms with E-state index in [0.717, 1.165) is 12.8 Å². The van der Waals surface area contributed by atoms with Crippen LogP contribution in [0.1, 0.15) is 48.8 Å². The van der Waals surface area contributed by atoms with Gasteiger partial charge in [0.1, 0.15) is 0 Å². The minimum absolute atomic E-state index is 0.0387. The van der Waals surface area contributed by atoms with Gasteiger partial charge in [0.25, 0.3) is 0 Å². The molecule has 1 aromatic carbocycles. The van der Waals surface area contributed by atoms with Gasteiger partial charge in [-0.3, -0.25) is 4.98 Å². The number of nitrogens with zero attached hydrogens (tertiary/aromatic N) is 2. The maximum atomic E-state index is 13.3. The second kappa shape index (κ2) is 7.55. The molecule has 1 aromatic heterocycles. The predicted molar refractivity (Wildman–Crippen MR) is 97.1 cm³/mol. The number of ether oxygens (including phenoxy) is 1. The maximum absolute atomic E-state index is 13.3. The highest BCUT2D eigenvalue weighted by atomic mass is 32.2. The number of aromatic nitrogens is 1. The van der Waals surface area contributed by atoms with E-state index in [1.165, 1.54) is 16.4 Å². The SMILES string of the molecule is CCOC(=O)c1cccc(S(=O)(=O)N(C2CC2)[C@H](C)c2ccccn2)c1. The van der Waals surface area contributed by atoms with Crippen molar-refractivity contribution in [3.8, 4) is 0 Å². The Bertz CT molecular complexity index is 879. The van der Waals surface area contributed by atoms with Crippen molar-refractivity contribution < 1.29 is 17.9 Å². The molecule has 0 unspecified atom stereocenters. The molecule has 0 N–H and O–H groups in total. The third-order valence-corrected chi connectivity index (χ3v) is 6.34. The van der Waals surface area contributed by atoms with E-state index in [1.807, 2.05) is 19.1 Å². The number of hydrogen-bond donors (Lipinski definition) is 0. The molecule has 0 amide bonds. The van der Waals surface area contributed by atoms with Gasteiger partial charge in [-0.1, -0.05) is 12.1 Å². The predicted octanol–water partition coefficient (Wildman–Crippen LogP) is 3.17. The number of esters is 1. The van der Waals surface area contributed by atoms with E-state index in [2.05, 4.69) is 4.98 Å². The van der Waals surface area contributed by atoms with Gasteiger partial charge in [-0.05, 0) is 57.0 Å². The number of sulfonamides is 1. The Hall–Kier alpha value is -2.25. The molecule has 26 heavy (non-hydrogen) atoms. The summed E-state index contributed by atoms with van der Waals surface area (Å²) in [5, 5.41) is 0. The summed E-state index contributed by atoms with van der Waals surface area (Å²) in [6.45, 7) is 3.79. The van der Waals surface area contributed by atoms with Crippen LogP contribution in [0.4, 0.5) is 0 Å².